The van der Waals surface area contributed by atoms with Crippen LogP contribution in [0.5, 0.6) is 0 Å². The van der Waals surface area contributed by atoms with Crippen molar-refractivity contribution in [2.24, 2.45) is 0 Å². The lowest BCUT2D eigenvalue weighted by Crippen LogP contribution is -2.22. The molecule has 16 heavy (non-hydrogen) atoms. The molecule has 0 radical (unpaired) electrons. The van der Waals surface area contributed by atoms with Crippen molar-refractivity contribution < 1.29 is 9.13 Å². The number of hydrogen-bond donors (Lipinski definition) is 1. The third-order valence-corrected chi connectivity index (χ3v) is 2.63. The highest BCUT2D eigenvalue weighted by Crippen LogP contribution is 2.19. The molecule has 2 nitrogen and oxygen atoms in total. The van der Waals surface area contributed by atoms with Crippen molar-refractivity contribution in [1.29, 1.82) is 0 Å². The molecule has 1 N–H and O–H groups in total. The largest absolute Gasteiger partial charge is 0.385 e. The van der Waals surface area contributed by atoms with Gasteiger partial charge in [0.2, 0.25) is 0 Å². The third kappa shape index (κ3) is 4.29. The summed E-state index contributed by atoms with van der Waals surface area (Å²) >= 11 is 0. The van der Waals surface area contributed by atoms with Crippen LogP contribution in [0.3, 0.4) is 0 Å². The topological polar surface area (TPSA) is 21.3 Å². The first-order valence-corrected chi connectivity index (χ1v) is 5.73. The Kier molecular flexibility index (Phi) is 6.04. The van der Waals surface area contributed by atoms with Gasteiger partial charge >= 0.3 is 0 Å². The lowest BCUT2D eigenvalue weighted by molar-refractivity contribution is 0.187. The molecule has 0 spiro atoms. The minimum absolute atomic E-state index is 0.170. The summed E-state index contributed by atoms with van der Waals surface area (Å²) in [4.78, 5) is 0. The van der Waals surface area contributed by atoms with E-state index < -0.39 is 0 Å². The molecule has 1 rings (SSSR count). The van der Waals surface area contributed by atoms with Crippen LogP contribution >= 0.6 is 0 Å². The molecule has 3 heteroatoms. The van der Waals surface area contributed by atoms with E-state index in [1.165, 1.54) is 6.07 Å². The molecule has 0 amide bonds. The van der Waals surface area contributed by atoms with Crippen molar-refractivity contribution in [3.05, 3.63) is 35.6 Å². The Balaban J connectivity index is 2.66. The van der Waals surface area contributed by atoms with E-state index in [0.717, 1.165) is 25.1 Å². The van der Waals surface area contributed by atoms with Crippen molar-refractivity contribution in [2.45, 2.75) is 19.3 Å². The van der Waals surface area contributed by atoms with Crippen LogP contribution in [-0.2, 0) is 4.74 Å². The highest BCUT2D eigenvalue weighted by molar-refractivity contribution is 5.21. The van der Waals surface area contributed by atoms with Crippen molar-refractivity contribution in [3.8, 4) is 0 Å². The molecule has 1 atom stereocenters. The predicted molar refractivity (Wildman–Crippen MR) is 64.2 cm³/mol. The number of nitrogens with one attached hydrogen (secondary N) is 1. The molecular weight excluding hydrogens is 205 g/mol. The zero-order chi connectivity index (χ0) is 11.8. The van der Waals surface area contributed by atoms with E-state index >= 15 is 0 Å². The fourth-order valence-corrected chi connectivity index (χ4v) is 1.73. The van der Waals surface area contributed by atoms with Gasteiger partial charge in [0, 0.05) is 20.3 Å². The Labute approximate surface area is 96.8 Å². The molecule has 0 bridgehead atoms. The predicted octanol–water partition coefficient (Wildman–Crippen LogP) is 2.56. The minimum Gasteiger partial charge on any atom is -0.385 e. The Morgan fingerprint density at radius 3 is 2.88 bits per heavy atom. The fraction of sp³-hybridized carbons (Fsp3) is 0.538. The van der Waals surface area contributed by atoms with Crippen LogP contribution in [0.4, 0.5) is 4.39 Å². The molecular formula is C13H20FNO. The normalized spacial score (nSPS) is 12.7. The van der Waals surface area contributed by atoms with Crippen LogP contribution in [0.15, 0.2) is 24.3 Å². The fourth-order valence-electron chi connectivity index (χ4n) is 1.73. The number of hydrogen-bond acceptors (Lipinski definition) is 2. The smallest absolute Gasteiger partial charge is 0.123 e. The molecule has 1 aromatic carbocycles. The number of methoxy groups -OCH3 is 1. The second kappa shape index (κ2) is 7.36. The molecule has 0 fully saturated rings. The molecule has 0 saturated carbocycles. The van der Waals surface area contributed by atoms with E-state index in [2.05, 4.69) is 12.2 Å². The van der Waals surface area contributed by atoms with Crippen molar-refractivity contribution in [3.63, 3.8) is 0 Å². The summed E-state index contributed by atoms with van der Waals surface area (Å²) in [5, 5.41) is 3.30. The van der Waals surface area contributed by atoms with Crippen molar-refractivity contribution >= 4 is 0 Å². The maximum absolute atomic E-state index is 13.1. The molecule has 90 valence electrons. The van der Waals surface area contributed by atoms with E-state index in [9.17, 15) is 4.39 Å². The van der Waals surface area contributed by atoms with Gasteiger partial charge in [0.25, 0.3) is 0 Å². The first-order valence-electron chi connectivity index (χ1n) is 5.73. The number of ether oxygens (including phenoxy) is 1. The molecule has 0 heterocycles. The number of likely N-dealkylation sites (N-methyl/N-ethyl adjacent to an activating group) is 1. The second-order valence-corrected chi connectivity index (χ2v) is 3.84. The Morgan fingerprint density at radius 1 is 1.44 bits per heavy atom. The maximum Gasteiger partial charge on any atom is 0.123 e. The van der Waals surface area contributed by atoms with Crippen molar-refractivity contribution in [1.82, 2.24) is 5.32 Å². The van der Waals surface area contributed by atoms with Gasteiger partial charge in [0.15, 0.2) is 0 Å². The van der Waals surface area contributed by atoms with Crippen LogP contribution in [0.1, 0.15) is 24.8 Å². The zero-order valence-electron chi connectivity index (χ0n) is 10.0. The third-order valence-electron chi connectivity index (χ3n) is 2.63. The minimum atomic E-state index is -0.170. The lowest BCUT2D eigenvalue weighted by Gasteiger charge is -2.17. The van der Waals surface area contributed by atoms with Gasteiger partial charge in [-0.1, -0.05) is 19.1 Å². The summed E-state index contributed by atoms with van der Waals surface area (Å²) in [6.45, 7) is 4.56. The number of rotatable bonds is 7. The molecule has 0 aromatic heterocycles. The lowest BCUT2D eigenvalue weighted by atomic mass is 9.96. The SMILES string of the molecule is CCNCC(CCOC)c1cccc(F)c1. The van der Waals surface area contributed by atoms with Gasteiger partial charge < -0.3 is 10.1 Å². The first-order chi connectivity index (χ1) is 7.77. The molecule has 1 aromatic rings. The van der Waals surface area contributed by atoms with Gasteiger partial charge in [0.1, 0.15) is 5.82 Å². The average Bonchev–Trinajstić information content (AvgIpc) is 2.29. The van der Waals surface area contributed by atoms with Gasteiger partial charge in [-0.15, -0.1) is 0 Å². The van der Waals surface area contributed by atoms with Gasteiger partial charge in [-0.2, -0.15) is 0 Å². The highest BCUT2D eigenvalue weighted by Gasteiger charge is 2.11. The van der Waals surface area contributed by atoms with Crippen molar-refractivity contribution in [2.75, 3.05) is 26.8 Å². The summed E-state index contributed by atoms with van der Waals surface area (Å²) < 4.78 is 18.2. The summed E-state index contributed by atoms with van der Waals surface area (Å²) in [5.41, 5.74) is 1.04. The number of halogens is 1. The van der Waals surface area contributed by atoms with E-state index in [0.29, 0.717) is 12.5 Å². The quantitative estimate of drug-likeness (QED) is 0.770. The number of benzene rings is 1. The monoisotopic (exact) mass is 225 g/mol. The van der Waals surface area contributed by atoms with E-state index in [-0.39, 0.29) is 5.82 Å². The molecule has 0 aliphatic carbocycles. The van der Waals surface area contributed by atoms with Crippen LogP contribution in [-0.4, -0.2) is 26.8 Å². The summed E-state index contributed by atoms with van der Waals surface area (Å²) in [7, 11) is 1.69. The maximum atomic E-state index is 13.1. The van der Waals surface area contributed by atoms with Crippen LogP contribution in [0.2, 0.25) is 0 Å². The van der Waals surface area contributed by atoms with E-state index in [1.54, 1.807) is 19.2 Å². The second-order valence-electron chi connectivity index (χ2n) is 3.84. The zero-order valence-corrected chi connectivity index (χ0v) is 10.0. The van der Waals surface area contributed by atoms with Crippen LogP contribution < -0.4 is 5.32 Å². The van der Waals surface area contributed by atoms with Gasteiger partial charge in [-0.25, -0.2) is 4.39 Å². The van der Waals surface area contributed by atoms with Gasteiger partial charge in [0.05, 0.1) is 0 Å². The molecule has 0 aliphatic heterocycles. The summed E-state index contributed by atoms with van der Waals surface area (Å²) in [6, 6.07) is 6.82. The summed E-state index contributed by atoms with van der Waals surface area (Å²) in [6.07, 6.45) is 0.910. The Morgan fingerprint density at radius 2 is 2.25 bits per heavy atom. The average molecular weight is 225 g/mol. The van der Waals surface area contributed by atoms with Crippen LogP contribution in [0.25, 0.3) is 0 Å². The van der Waals surface area contributed by atoms with Gasteiger partial charge in [-0.3, -0.25) is 0 Å². The Hall–Kier alpha value is -0.930. The molecule has 0 saturated heterocycles. The standard InChI is InChI=1S/C13H20FNO/c1-3-15-10-12(7-8-16-2)11-5-4-6-13(14)9-11/h4-6,9,12,15H,3,7-8,10H2,1-2H3. The van der Waals surface area contributed by atoms with E-state index in [4.69, 9.17) is 4.74 Å². The Bertz CT molecular complexity index is 296. The highest BCUT2D eigenvalue weighted by atomic mass is 19.1. The molecule has 1 unspecified atom stereocenters. The molecule has 0 aliphatic rings. The summed E-state index contributed by atoms with van der Waals surface area (Å²) in [5.74, 6) is 0.145. The van der Waals surface area contributed by atoms with Crippen LogP contribution in [0, 0.1) is 5.82 Å². The van der Waals surface area contributed by atoms with E-state index in [1.807, 2.05) is 6.07 Å². The van der Waals surface area contributed by atoms with Gasteiger partial charge in [-0.05, 0) is 36.6 Å². The first kappa shape index (κ1) is 13.1.